The van der Waals surface area contributed by atoms with Gasteiger partial charge in [-0.05, 0) is 35.9 Å². The Bertz CT molecular complexity index is 1340. The summed E-state index contributed by atoms with van der Waals surface area (Å²) in [5.74, 6) is 0.0728. The van der Waals surface area contributed by atoms with Gasteiger partial charge in [0.2, 0.25) is 11.8 Å². The summed E-state index contributed by atoms with van der Waals surface area (Å²) >= 11 is 0. The van der Waals surface area contributed by atoms with Gasteiger partial charge in [-0.2, -0.15) is 0 Å². The summed E-state index contributed by atoms with van der Waals surface area (Å²) < 4.78 is 5.06. The monoisotopic (exact) mass is 443 g/mol. The number of hydrogen-bond acceptors (Lipinski definition) is 8. The number of fused-ring (bicyclic) bond motifs is 1. The van der Waals surface area contributed by atoms with Crippen molar-refractivity contribution in [3.8, 4) is 5.88 Å². The van der Waals surface area contributed by atoms with E-state index >= 15 is 0 Å². The summed E-state index contributed by atoms with van der Waals surface area (Å²) in [6, 6.07) is 13.6. The number of ether oxygens (including phenoxy) is 1. The number of aromatic nitrogens is 3. The molecule has 0 aliphatic rings. The van der Waals surface area contributed by atoms with Gasteiger partial charge in [-0.1, -0.05) is 12.1 Å². The molecule has 6 N–H and O–H groups in total. The van der Waals surface area contributed by atoms with E-state index < -0.39 is 5.91 Å². The Hall–Kier alpha value is -4.73. The van der Waals surface area contributed by atoms with Crippen LogP contribution in [0.1, 0.15) is 26.3 Å². The van der Waals surface area contributed by atoms with Gasteiger partial charge in [0.25, 0.3) is 5.91 Å². The molecule has 0 radical (unpaired) electrons. The zero-order valence-corrected chi connectivity index (χ0v) is 17.7. The van der Waals surface area contributed by atoms with E-state index in [0.29, 0.717) is 51.8 Å². The molecule has 0 aliphatic heterocycles. The highest BCUT2D eigenvalue weighted by molar-refractivity contribution is 6.05. The molecule has 2 aromatic carbocycles. The lowest BCUT2D eigenvalue weighted by Gasteiger charge is -2.10. The minimum absolute atomic E-state index is 0.305. The molecule has 4 rings (SSSR count). The predicted octanol–water partition coefficient (Wildman–Crippen LogP) is 2.58. The van der Waals surface area contributed by atoms with E-state index in [1.807, 2.05) is 12.1 Å². The summed E-state index contributed by atoms with van der Waals surface area (Å²) in [7, 11) is 1.48. The first kappa shape index (κ1) is 21.5. The van der Waals surface area contributed by atoms with Gasteiger partial charge < -0.3 is 26.8 Å². The van der Waals surface area contributed by atoms with Crippen molar-refractivity contribution in [1.29, 1.82) is 0 Å². The number of hydrogen-bond donors (Lipinski definition) is 4. The zero-order chi connectivity index (χ0) is 23.4. The van der Waals surface area contributed by atoms with Crippen LogP contribution in [0.3, 0.4) is 0 Å². The Kier molecular flexibility index (Phi) is 5.98. The van der Waals surface area contributed by atoms with Gasteiger partial charge in [-0.3, -0.25) is 14.6 Å². The number of nitrogens with two attached hydrogens (primary N) is 2. The highest BCUT2D eigenvalue weighted by atomic mass is 16.5. The van der Waals surface area contributed by atoms with Gasteiger partial charge in [0.05, 0.1) is 41.9 Å². The van der Waals surface area contributed by atoms with Crippen molar-refractivity contribution in [1.82, 2.24) is 15.0 Å². The molecular formula is C23H21N7O3. The van der Waals surface area contributed by atoms with Crippen molar-refractivity contribution in [2.45, 2.75) is 6.54 Å². The van der Waals surface area contributed by atoms with Gasteiger partial charge in [-0.25, -0.2) is 9.97 Å². The number of anilines is 3. The van der Waals surface area contributed by atoms with Crippen molar-refractivity contribution in [2.75, 3.05) is 23.5 Å². The van der Waals surface area contributed by atoms with E-state index in [0.717, 1.165) is 5.56 Å². The van der Waals surface area contributed by atoms with Gasteiger partial charge in [-0.15, -0.1) is 0 Å². The molecule has 166 valence electrons. The molecule has 0 aliphatic carbocycles. The SMILES string of the molecule is COc1cc(NC(=O)c2ccc(CNc3cnc4ccc(C(N)=O)cc4n3)cc2)c(N)cn1. The summed E-state index contributed by atoms with van der Waals surface area (Å²) in [6.07, 6.45) is 3.04. The highest BCUT2D eigenvalue weighted by Gasteiger charge is 2.10. The number of amides is 2. The summed E-state index contributed by atoms with van der Waals surface area (Å²) in [5, 5.41) is 5.94. The third-order valence-corrected chi connectivity index (χ3v) is 4.88. The maximum absolute atomic E-state index is 12.6. The lowest BCUT2D eigenvalue weighted by Crippen LogP contribution is -2.13. The van der Waals surface area contributed by atoms with Crippen LogP contribution in [-0.4, -0.2) is 33.9 Å². The smallest absolute Gasteiger partial charge is 0.255 e. The van der Waals surface area contributed by atoms with Crippen LogP contribution in [0.4, 0.5) is 17.2 Å². The number of methoxy groups -OCH3 is 1. The van der Waals surface area contributed by atoms with E-state index in [1.54, 1.807) is 42.6 Å². The molecule has 0 spiro atoms. The standard InChI is InChI=1S/C23H21N7O3/c1-33-21-9-18(16(24)11-28-21)30-23(32)14-4-2-13(3-5-14)10-27-20-12-26-17-7-6-15(22(25)31)8-19(17)29-20/h2-9,11-12H,10,24H2,1H3,(H2,25,31)(H,27,29)(H,28,30,32). The van der Waals surface area contributed by atoms with Crippen LogP contribution in [0.25, 0.3) is 11.0 Å². The maximum Gasteiger partial charge on any atom is 0.255 e. The molecule has 0 bridgehead atoms. The van der Waals surface area contributed by atoms with Crippen LogP contribution in [0.2, 0.25) is 0 Å². The molecule has 33 heavy (non-hydrogen) atoms. The maximum atomic E-state index is 12.6. The molecule has 0 atom stereocenters. The first-order valence-electron chi connectivity index (χ1n) is 9.93. The number of nitrogen functional groups attached to an aromatic ring is 1. The van der Waals surface area contributed by atoms with Gasteiger partial charge in [0, 0.05) is 23.7 Å². The Morgan fingerprint density at radius 1 is 0.970 bits per heavy atom. The Labute approximate surface area is 189 Å². The topological polar surface area (TPSA) is 158 Å². The lowest BCUT2D eigenvalue weighted by atomic mass is 10.1. The van der Waals surface area contributed by atoms with Crippen LogP contribution in [0.15, 0.2) is 60.9 Å². The quantitative estimate of drug-likeness (QED) is 0.339. The predicted molar refractivity (Wildman–Crippen MR) is 125 cm³/mol. The molecular weight excluding hydrogens is 422 g/mol. The third-order valence-electron chi connectivity index (χ3n) is 4.88. The number of nitrogens with zero attached hydrogens (tertiary/aromatic N) is 3. The normalized spacial score (nSPS) is 10.6. The van der Waals surface area contributed by atoms with Crippen molar-refractivity contribution in [2.24, 2.45) is 5.73 Å². The second-order valence-electron chi connectivity index (χ2n) is 7.14. The van der Waals surface area contributed by atoms with E-state index in [1.165, 1.54) is 13.3 Å². The molecule has 2 amide bonds. The second-order valence-corrected chi connectivity index (χ2v) is 7.14. The number of pyridine rings is 1. The van der Waals surface area contributed by atoms with Gasteiger partial charge in [0.1, 0.15) is 5.82 Å². The molecule has 0 saturated heterocycles. The average molecular weight is 443 g/mol. The Morgan fingerprint density at radius 3 is 2.45 bits per heavy atom. The Morgan fingerprint density at radius 2 is 1.73 bits per heavy atom. The zero-order valence-electron chi connectivity index (χ0n) is 17.7. The van der Waals surface area contributed by atoms with E-state index in [2.05, 4.69) is 25.6 Å². The van der Waals surface area contributed by atoms with E-state index in [-0.39, 0.29) is 5.91 Å². The average Bonchev–Trinajstić information content (AvgIpc) is 2.83. The van der Waals surface area contributed by atoms with Crippen molar-refractivity contribution < 1.29 is 14.3 Å². The molecule has 4 aromatic rings. The molecule has 2 aromatic heterocycles. The number of primary amides is 1. The van der Waals surface area contributed by atoms with Crippen LogP contribution in [0.5, 0.6) is 5.88 Å². The molecule has 10 nitrogen and oxygen atoms in total. The number of rotatable bonds is 7. The van der Waals surface area contributed by atoms with Crippen LogP contribution in [-0.2, 0) is 6.54 Å². The van der Waals surface area contributed by atoms with Gasteiger partial charge >= 0.3 is 0 Å². The fourth-order valence-electron chi connectivity index (χ4n) is 3.08. The number of carbonyl (C=O) groups excluding carboxylic acids is 2. The minimum atomic E-state index is -0.521. The Balaban J connectivity index is 1.41. The first-order chi connectivity index (χ1) is 15.9. The molecule has 10 heteroatoms. The van der Waals surface area contributed by atoms with E-state index in [4.69, 9.17) is 16.2 Å². The highest BCUT2D eigenvalue weighted by Crippen LogP contribution is 2.22. The number of benzene rings is 2. The molecule has 0 saturated carbocycles. The van der Waals surface area contributed by atoms with Crippen molar-refractivity contribution >= 4 is 40.0 Å². The lowest BCUT2D eigenvalue weighted by molar-refractivity contribution is 0.0997. The first-order valence-corrected chi connectivity index (χ1v) is 9.93. The fraction of sp³-hybridized carbons (Fsp3) is 0.0870. The number of nitrogens with one attached hydrogen (secondary N) is 2. The largest absolute Gasteiger partial charge is 0.481 e. The third kappa shape index (κ3) is 4.96. The van der Waals surface area contributed by atoms with Crippen LogP contribution < -0.4 is 26.8 Å². The minimum Gasteiger partial charge on any atom is -0.481 e. The molecule has 0 unspecified atom stereocenters. The number of carbonyl (C=O) groups is 2. The fourth-order valence-corrected chi connectivity index (χ4v) is 3.08. The van der Waals surface area contributed by atoms with Crippen LogP contribution in [0, 0.1) is 0 Å². The van der Waals surface area contributed by atoms with Crippen molar-refractivity contribution in [3.05, 3.63) is 77.6 Å². The van der Waals surface area contributed by atoms with Gasteiger partial charge in [0.15, 0.2) is 0 Å². The van der Waals surface area contributed by atoms with Crippen molar-refractivity contribution in [3.63, 3.8) is 0 Å². The van der Waals surface area contributed by atoms with Crippen LogP contribution >= 0.6 is 0 Å². The summed E-state index contributed by atoms with van der Waals surface area (Å²) in [5.41, 5.74) is 15.0. The summed E-state index contributed by atoms with van der Waals surface area (Å²) in [4.78, 5) is 36.7. The molecule has 2 heterocycles. The summed E-state index contributed by atoms with van der Waals surface area (Å²) in [6.45, 7) is 0.464. The molecule has 0 fully saturated rings. The second kappa shape index (κ2) is 9.18. The van der Waals surface area contributed by atoms with E-state index in [9.17, 15) is 9.59 Å².